The Hall–Kier alpha value is -2.90. The normalized spacial score (nSPS) is 20.8. The number of carbonyl (C=O) groups excluding carboxylic acids is 1. The van der Waals surface area contributed by atoms with E-state index in [4.69, 9.17) is 4.98 Å². The summed E-state index contributed by atoms with van der Waals surface area (Å²) in [6.45, 7) is 5.86. The van der Waals surface area contributed by atoms with Gasteiger partial charge in [0.05, 0.1) is 5.69 Å². The molecule has 3 aliphatic rings. The van der Waals surface area contributed by atoms with Crippen LogP contribution >= 0.6 is 11.3 Å². The van der Waals surface area contributed by atoms with E-state index in [1.54, 1.807) is 11.3 Å². The topological polar surface area (TPSA) is 51.7 Å². The number of benzene rings is 1. The summed E-state index contributed by atoms with van der Waals surface area (Å²) < 4.78 is 0. The fourth-order valence-corrected chi connectivity index (χ4v) is 5.96. The van der Waals surface area contributed by atoms with E-state index in [-0.39, 0.29) is 11.9 Å². The van der Waals surface area contributed by atoms with E-state index in [0.29, 0.717) is 0 Å². The van der Waals surface area contributed by atoms with Gasteiger partial charge in [-0.3, -0.25) is 9.69 Å². The number of nitrogens with one attached hydrogen (secondary N) is 1. The van der Waals surface area contributed by atoms with Crippen LogP contribution < -0.4 is 15.1 Å². The molecule has 1 aromatic carbocycles. The van der Waals surface area contributed by atoms with Crippen molar-refractivity contribution in [2.45, 2.75) is 31.8 Å². The van der Waals surface area contributed by atoms with Crippen molar-refractivity contribution >= 4 is 34.4 Å². The van der Waals surface area contributed by atoms with Gasteiger partial charge in [-0.25, -0.2) is 4.98 Å². The number of thiophene rings is 1. The molecule has 0 unspecified atom stereocenters. The number of fused-ring (bicyclic) bond motifs is 3. The minimum Gasteiger partial charge on any atom is -0.369 e. The lowest BCUT2D eigenvalue weighted by Crippen LogP contribution is -2.51. The van der Waals surface area contributed by atoms with Gasteiger partial charge in [-0.05, 0) is 71.0 Å². The van der Waals surface area contributed by atoms with Gasteiger partial charge in [0.15, 0.2) is 5.82 Å². The Balaban J connectivity index is 1.08. The van der Waals surface area contributed by atoms with Crippen molar-refractivity contribution in [2.24, 2.45) is 0 Å². The van der Waals surface area contributed by atoms with E-state index in [1.807, 2.05) is 6.20 Å². The van der Waals surface area contributed by atoms with E-state index in [9.17, 15) is 4.79 Å². The van der Waals surface area contributed by atoms with Crippen molar-refractivity contribution in [1.82, 2.24) is 9.88 Å². The maximum atomic E-state index is 12.6. The highest BCUT2D eigenvalue weighted by Crippen LogP contribution is 2.35. The monoisotopic (exact) mass is 459 g/mol. The second-order valence-corrected chi connectivity index (χ2v) is 10.0. The molecule has 2 fully saturated rings. The molecule has 0 saturated carbocycles. The number of rotatable bonds is 4. The number of anilines is 3. The van der Waals surface area contributed by atoms with Crippen LogP contribution in [0.1, 0.15) is 24.8 Å². The molecule has 170 valence electrons. The molecule has 3 aromatic rings. The summed E-state index contributed by atoms with van der Waals surface area (Å²) in [5.41, 5.74) is 5.91. The molecule has 1 N–H and O–H groups in total. The van der Waals surface area contributed by atoms with Gasteiger partial charge in [0, 0.05) is 51.2 Å². The second kappa shape index (κ2) is 8.80. The molecule has 5 heterocycles. The third-order valence-electron chi connectivity index (χ3n) is 7.12. The first-order valence-electron chi connectivity index (χ1n) is 11.9. The van der Waals surface area contributed by atoms with Crippen molar-refractivity contribution in [1.29, 1.82) is 0 Å². The third kappa shape index (κ3) is 4.11. The summed E-state index contributed by atoms with van der Waals surface area (Å²) in [7, 11) is 0. The highest BCUT2D eigenvalue weighted by molar-refractivity contribution is 7.08. The Morgan fingerprint density at radius 3 is 2.64 bits per heavy atom. The smallest absolute Gasteiger partial charge is 0.247 e. The van der Waals surface area contributed by atoms with E-state index in [1.165, 1.54) is 16.8 Å². The zero-order chi connectivity index (χ0) is 22.2. The summed E-state index contributed by atoms with van der Waals surface area (Å²) in [5, 5.41) is 7.43. The van der Waals surface area contributed by atoms with Gasteiger partial charge in [0.2, 0.25) is 5.91 Å². The maximum absolute atomic E-state index is 12.6. The van der Waals surface area contributed by atoms with Crippen molar-refractivity contribution in [3.05, 3.63) is 58.9 Å². The first kappa shape index (κ1) is 20.7. The number of hydrogen-bond acceptors (Lipinski definition) is 6. The second-order valence-electron chi connectivity index (χ2n) is 9.23. The minimum absolute atomic E-state index is 0.0445. The van der Waals surface area contributed by atoms with Crippen LogP contribution in [-0.4, -0.2) is 54.6 Å². The Morgan fingerprint density at radius 2 is 1.85 bits per heavy atom. The molecular formula is C26H29N5OS. The van der Waals surface area contributed by atoms with Gasteiger partial charge < -0.3 is 15.1 Å². The number of aromatic nitrogens is 1. The van der Waals surface area contributed by atoms with Gasteiger partial charge in [0.1, 0.15) is 6.04 Å². The quantitative estimate of drug-likeness (QED) is 0.625. The maximum Gasteiger partial charge on any atom is 0.247 e. The number of amides is 1. The first-order chi connectivity index (χ1) is 16.2. The standard InChI is InChI=1S/C26H29N5OS/c32-26-24-3-1-2-9-31(24)25-23(28-26)15-19(16-27-25)17-29-10-12-30(13-11-29)22-6-4-20(5-7-22)21-8-14-33-18-21/h4-8,14-16,18,24H,1-3,9-13,17H2,(H,28,32)/t24-/m0/s1. The van der Waals surface area contributed by atoms with Gasteiger partial charge in [-0.1, -0.05) is 12.1 Å². The number of pyridine rings is 1. The van der Waals surface area contributed by atoms with Gasteiger partial charge >= 0.3 is 0 Å². The van der Waals surface area contributed by atoms with Crippen LogP contribution in [0.15, 0.2) is 53.4 Å². The lowest BCUT2D eigenvalue weighted by Gasteiger charge is -2.40. The largest absolute Gasteiger partial charge is 0.369 e. The SMILES string of the molecule is O=C1Nc2cc(CN3CCN(c4ccc(-c5ccsc5)cc4)CC3)cnc2N2CCCC[C@@H]12. The Bertz CT molecular complexity index is 1120. The van der Waals surface area contributed by atoms with Crippen molar-refractivity contribution in [3.8, 4) is 11.1 Å². The molecule has 6 rings (SSSR count). The molecule has 7 heteroatoms. The van der Waals surface area contributed by atoms with Crippen molar-refractivity contribution < 1.29 is 4.79 Å². The number of carbonyl (C=O) groups is 1. The van der Waals surface area contributed by atoms with Crippen LogP contribution in [0, 0.1) is 0 Å². The molecule has 1 amide bonds. The number of piperidine rings is 1. The Kier molecular flexibility index (Phi) is 5.52. The van der Waals surface area contributed by atoms with Crippen LogP contribution in [0.5, 0.6) is 0 Å². The number of piperazine rings is 1. The predicted octanol–water partition coefficient (Wildman–Crippen LogP) is 4.44. The third-order valence-corrected chi connectivity index (χ3v) is 7.81. The highest BCUT2D eigenvalue weighted by atomic mass is 32.1. The van der Waals surface area contributed by atoms with E-state index >= 15 is 0 Å². The summed E-state index contributed by atoms with van der Waals surface area (Å²) in [4.78, 5) is 24.5. The van der Waals surface area contributed by atoms with Crippen LogP contribution in [0.2, 0.25) is 0 Å². The number of nitrogens with zero attached hydrogens (tertiary/aromatic N) is 4. The summed E-state index contributed by atoms with van der Waals surface area (Å²) in [6, 6.07) is 13.2. The fraction of sp³-hybridized carbons (Fsp3) is 0.385. The summed E-state index contributed by atoms with van der Waals surface area (Å²) in [6.07, 6.45) is 5.17. The number of hydrogen-bond donors (Lipinski definition) is 1. The molecule has 0 radical (unpaired) electrons. The van der Waals surface area contributed by atoms with E-state index in [2.05, 4.69) is 67.2 Å². The van der Waals surface area contributed by atoms with Gasteiger partial charge in [-0.2, -0.15) is 11.3 Å². The summed E-state index contributed by atoms with van der Waals surface area (Å²) >= 11 is 1.74. The molecule has 0 bridgehead atoms. The molecule has 0 spiro atoms. The highest BCUT2D eigenvalue weighted by Gasteiger charge is 2.35. The average Bonchev–Trinajstić information content (AvgIpc) is 3.40. The Morgan fingerprint density at radius 1 is 1.00 bits per heavy atom. The molecule has 3 aliphatic heterocycles. The van der Waals surface area contributed by atoms with Gasteiger partial charge in [-0.15, -0.1) is 0 Å². The Labute approximate surface area is 198 Å². The molecule has 33 heavy (non-hydrogen) atoms. The summed E-state index contributed by atoms with van der Waals surface area (Å²) in [5.74, 6) is 1.07. The molecular weight excluding hydrogens is 430 g/mol. The minimum atomic E-state index is -0.0445. The van der Waals surface area contributed by atoms with Gasteiger partial charge in [0.25, 0.3) is 0 Å². The van der Waals surface area contributed by atoms with Crippen molar-refractivity contribution in [2.75, 3.05) is 47.8 Å². The zero-order valence-electron chi connectivity index (χ0n) is 18.7. The first-order valence-corrected chi connectivity index (χ1v) is 12.9. The lowest BCUT2D eigenvalue weighted by molar-refractivity contribution is -0.118. The van der Waals surface area contributed by atoms with Crippen LogP contribution in [0.4, 0.5) is 17.2 Å². The lowest BCUT2D eigenvalue weighted by atomic mass is 9.99. The van der Waals surface area contributed by atoms with Crippen LogP contribution in [-0.2, 0) is 11.3 Å². The molecule has 2 saturated heterocycles. The predicted molar refractivity (Wildman–Crippen MR) is 135 cm³/mol. The average molecular weight is 460 g/mol. The molecule has 2 aromatic heterocycles. The van der Waals surface area contributed by atoms with Crippen molar-refractivity contribution in [3.63, 3.8) is 0 Å². The van der Waals surface area contributed by atoms with Crippen LogP contribution in [0.3, 0.4) is 0 Å². The zero-order valence-corrected chi connectivity index (χ0v) is 19.6. The molecule has 0 aliphatic carbocycles. The molecule has 1 atom stereocenters. The van der Waals surface area contributed by atoms with Crippen LogP contribution in [0.25, 0.3) is 11.1 Å². The molecule has 6 nitrogen and oxygen atoms in total. The fourth-order valence-electron chi connectivity index (χ4n) is 5.30. The van der Waals surface area contributed by atoms with E-state index in [0.717, 1.165) is 75.6 Å². The van der Waals surface area contributed by atoms with E-state index < -0.39 is 0 Å².